The predicted molar refractivity (Wildman–Crippen MR) is 84.9 cm³/mol. The number of hydrogen-bond acceptors (Lipinski definition) is 5. The van der Waals surface area contributed by atoms with Gasteiger partial charge in [0.15, 0.2) is 11.6 Å². The molecular weight excluding hydrogens is 334 g/mol. The average Bonchev–Trinajstić information content (AvgIpc) is 3.00. The van der Waals surface area contributed by atoms with Crippen LogP contribution in [0.15, 0.2) is 18.2 Å². The zero-order chi connectivity index (χ0) is 18.1. The van der Waals surface area contributed by atoms with Gasteiger partial charge in [0.2, 0.25) is 11.9 Å². The van der Waals surface area contributed by atoms with Crippen LogP contribution in [0.25, 0.3) is 0 Å². The molecule has 5 unspecified atom stereocenters. The molecule has 136 valence electrons. The van der Waals surface area contributed by atoms with E-state index in [2.05, 4.69) is 16.2 Å². The first-order valence-electron chi connectivity index (χ1n) is 8.26. The Morgan fingerprint density at radius 2 is 2.08 bits per heavy atom. The molecule has 7 nitrogen and oxygen atoms in total. The monoisotopic (exact) mass is 354 g/mol. The summed E-state index contributed by atoms with van der Waals surface area (Å²) in [6.07, 6.45) is 1.45. The fourth-order valence-corrected chi connectivity index (χ4v) is 3.65. The molecule has 3 rings (SSSR count). The normalized spacial score (nSPS) is 29.7. The lowest BCUT2D eigenvalue weighted by atomic mass is 9.79. The molecule has 25 heavy (non-hydrogen) atoms. The average molecular weight is 354 g/mol. The van der Waals surface area contributed by atoms with Crippen LogP contribution in [0.4, 0.5) is 8.78 Å². The van der Waals surface area contributed by atoms with E-state index in [9.17, 15) is 23.7 Å². The van der Waals surface area contributed by atoms with Crippen molar-refractivity contribution in [3.05, 3.63) is 45.5 Å². The zero-order valence-electron chi connectivity index (χ0n) is 13.7. The smallest absolute Gasteiger partial charge is 0.239 e. The highest BCUT2D eigenvalue weighted by atomic mass is 19.2. The van der Waals surface area contributed by atoms with Crippen LogP contribution in [-0.4, -0.2) is 29.0 Å². The minimum absolute atomic E-state index is 0.0190. The summed E-state index contributed by atoms with van der Waals surface area (Å²) in [5.41, 5.74) is 6.40. The van der Waals surface area contributed by atoms with Crippen LogP contribution in [0.2, 0.25) is 0 Å². The van der Waals surface area contributed by atoms with E-state index in [0.717, 1.165) is 12.1 Å². The van der Waals surface area contributed by atoms with E-state index < -0.39 is 29.8 Å². The summed E-state index contributed by atoms with van der Waals surface area (Å²) in [4.78, 5) is 23.3. The van der Waals surface area contributed by atoms with E-state index >= 15 is 0 Å². The summed E-state index contributed by atoms with van der Waals surface area (Å²) in [5, 5.41) is 13.8. The number of carbonyl (C=O) groups excluding carboxylic acids is 1. The fraction of sp³-hybridized carbons (Fsp3) is 0.562. The van der Waals surface area contributed by atoms with Gasteiger partial charge in [-0.3, -0.25) is 20.3 Å². The number of benzene rings is 1. The van der Waals surface area contributed by atoms with Gasteiger partial charge in [0.05, 0.1) is 6.04 Å². The molecule has 1 saturated heterocycles. The summed E-state index contributed by atoms with van der Waals surface area (Å²) < 4.78 is 26.4. The largest absolute Gasteiger partial charge is 0.348 e. The van der Waals surface area contributed by atoms with Crippen LogP contribution < -0.4 is 16.2 Å². The van der Waals surface area contributed by atoms with E-state index in [1.54, 1.807) is 6.92 Å². The van der Waals surface area contributed by atoms with Crippen molar-refractivity contribution >= 4 is 5.91 Å². The van der Waals surface area contributed by atoms with Crippen molar-refractivity contribution in [3.63, 3.8) is 0 Å². The predicted octanol–water partition coefficient (Wildman–Crippen LogP) is 1.43. The third-order valence-electron chi connectivity index (χ3n) is 5.11. The summed E-state index contributed by atoms with van der Waals surface area (Å²) in [7, 11) is 0. The Balaban J connectivity index is 1.66. The van der Waals surface area contributed by atoms with E-state index in [1.165, 1.54) is 6.07 Å². The molecule has 1 aromatic rings. The van der Waals surface area contributed by atoms with Gasteiger partial charge >= 0.3 is 0 Å². The van der Waals surface area contributed by atoms with E-state index in [4.69, 9.17) is 0 Å². The Labute approximate surface area is 143 Å². The summed E-state index contributed by atoms with van der Waals surface area (Å²) in [6.45, 7) is 1.67. The summed E-state index contributed by atoms with van der Waals surface area (Å²) >= 11 is 0. The van der Waals surface area contributed by atoms with Crippen LogP contribution in [0.3, 0.4) is 0 Å². The molecule has 9 heteroatoms. The molecule has 0 bridgehead atoms. The van der Waals surface area contributed by atoms with Crippen LogP contribution in [0.1, 0.15) is 37.8 Å². The SMILES string of the molecule is CC(NC(=O)C1NNC2CCC([N+](=O)[O-])CC21)c1ccc(F)c(F)c1. The Bertz CT molecular complexity index is 687. The molecular formula is C16H20F2N4O3. The molecule has 0 aromatic heterocycles. The van der Waals surface area contributed by atoms with Crippen molar-refractivity contribution in [2.75, 3.05) is 0 Å². The highest BCUT2D eigenvalue weighted by Gasteiger charge is 2.46. The molecule has 1 heterocycles. The second-order valence-corrected chi connectivity index (χ2v) is 6.69. The highest BCUT2D eigenvalue weighted by molar-refractivity contribution is 5.83. The number of carbonyl (C=O) groups is 1. The van der Waals surface area contributed by atoms with Gasteiger partial charge in [0.25, 0.3) is 0 Å². The van der Waals surface area contributed by atoms with Crippen LogP contribution in [-0.2, 0) is 4.79 Å². The number of hydrazine groups is 1. The Morgan fingerprint density at radius 3 is 2.76 bits per heavy atom. The first-order valence-corrected chi connectivity index (χ1v) is 8.26. The van der Waals surface area contributed by atoms with Gasteiger partial charge in [-0.15, -0.1) is 0 Å². The molecule has 3 N–H and O–H groups in total. The van der Waals surface area contributed by atoms with Gasteiger partial charge in [-0.25, -0.2) is 14.2 Å². The Kier molecular flexibility index (Phi) is 4.96. The third-order valence-corrected chi connectivity index (χ3v) is 5.11. The highest BCUT2D eigenvalue weighted by Crippen LogP contribution is 2.32. The van der Waals surface area contributed by atoms with Crippen molar-refractivity contribution in [1.29, 1.82) is 0 Å². The number of nitrogens with zero attached hydrogens (tertiary/aromatic N) is 1. The van der Waals surface area contributed by atoms with E-state index in [-0.39, 0.29) is 22.8 Å². The standard InChI is InChI=1S/C16H20F2N4O3/c1-8(9-2-4-12(17)13(18)6-9)19-16(23)15-11-7-10(22(24)25)3-5-14(11)20-21-15/h2,4,6,8,10-11,14-15,20-21H,3,5,7H2,1H3,(H,19,23). The van der Waals surface area contributed by atoms with Crippen molar-refractivity contribution in [1.82, 2.24) is 16.2 Å². The number of nitro groups is 1. The maximum absolute atomic E-state index is 13.3. The topological polar surface area (TPSA) is 96.3 Å². The minimum atomic E-state index is -0.972. The number of nitrogens with one attached hydrogen (secondary N) is 3. The number of rotatable bonds is 4. The minimum Gasteiger partial charge on any atom is -0.348 e. The van der Waals surface area contributed by atoms with Gasteiger partial charge in [-0.2, -0.15) is 0 Å². The summed E-state index contributed by atoms with van der Waals surface area (Å²) in [6, 6.07) is 1.75. The van der Waals surface area contributed by atoms with Crippen molar-refractivity contribution in [3.8, 4) is 0 Å². The zero-order valence-corrected chi connectivity index (χ0v) is 13.7. The summed E-state index contributed by atoms with van der Waals surface area (Å²) in [5.74, 6) is -2.41. The van der Waals surface area contributed by atoms with Crippen molar-refractivity contribution in [2.24, 2.45) is 5.92 Å². The lowest BCUT2D eigenvalue weighted by molar-refractivity contribution is -0.528. The Hall–Kier alpha value is -2.13. The van der Waals surface area contributed by atoms with Crippen molar-refractivity contribution in [2.45, 2.75) is 50.4 Å². The molecule has 1 aliphatic heterocycles. The first kappa shape index (κ1) is 17.7. The molecule has 1 aliphatic carbocycles. The van der Waals surface area contributed by atoms with Crippen LogP contribution in [0.5, 0.6) is 0 Å². The van der Waals surface area contributed by atoms with Gasteiger partial charge in [0, 0.05) is 29.7 Å². The maximum atomic E-state index is 13.3. The third kappa shape index (κ3) is 3.62. The van der Waals surface area contributed by atoms with Gasteiger partial charge in [-0.05, 0) is 31.0 Å². The first-order chi connectivity index (χ1) is 11.9. The van der Waals surface area contributed by atoms with Gasteiger partial charge < -0.3 is 5.32 Å². The molecule has 1 saturated carbocycles. The van der Waals surface area contributed by atoms with E-state index in [1.807, 2.05) is 0 Å². The molecule has 2 fully saturated rings. The van der Waals surface area contributed by atoms with E-state index in [0.29, 0.717) is 24.8 Å². The maximum Gasteiger partial charge on any atom is 0.239 e. The molecule has 1 aromatic carbocycles. The number of amides is 1. The second-order valence-electron chi connectivity index (χ2n) is 6.69. The number of halogens is 2. The quantitative estimate of drug-likeness (QED) is 0.562. The second kappa shape index (κ2) is 7.01. The molecule has 0 radical (unpaired) electrons. The van der Waals surface area contributed by atoms with Gasteiger partial charge in [-0.1, -0.05) is 6.07 Å². The van der Waals surface area contributed by atoms with Crippen LogP contribution >= 0.6 is 0 Å². The molecule has 1 amide bonds. The fourth-order valence-electron chi connectivity index (χ4n) is 3.65. The number of hydrogen-bond donors (Lipinski definition) is 3. The lowest BCUT2D eigenvalue weighted by Crippen LogP contribution is -2.47. The lowest BCUT2D eigenvalue weighted by Gasteiger charge is -2.29. The number of fused-ring (bicyclic) bond motifs is 1. The Morgan fingerprint density at radius 1 is 1.32 bits per heavy atom. The van der Waals surface area contributed by atoms with Gasteiger partial charge in [0.1, 0.15) is 6.04 Å². The molecule has 5 atom stereocenters. The van der Waals surface area contributed by atoms with Crippen molar-refractivity contribution < 1.29 is 18.5 Å². The van der Waals surface area contributed by atoms with Crippen LogP contribution in [0, 0.1) is 27.7 Å². The molecule has 2 aliphatic rings. The molecule has 0 spiro atoms.